The molecule has 0 aliphatic heterocycles. The Kier molecular flexibility index (Phi) is 5.85. The zero-order chi connectivity index (χ0) is 14.5. The van der Waals surface area contributed by atoms with Crippen LogP contribution in [-0.2, 0) is 11.3 Å². The average Bonchev–Trinajstić information content (AvgIpc) is 2.38. The Bertz CT molecular complexity index is 432. The van der Waals surface area contributed by atoms with Gasteiger partial charge >= 0.3 is 0 Å². The summed E-state index contributed by atoms with van der Waals surface area (Å²) in [6, 6.07) is 9.46. The van der Waals surface area contributed by atoms with Crippen molar-refractivity contribution in [2.75, 3.05) is 6.54 Å². The molecule has 1 amide bonds. The molecular formula is C14H17Cl2NO2. The number of aliphatic hydroxyl groups excluding tert-OH is 1. The van der Waals surface area contributed by atoms with E-state index >= 15 is 0 Å². The summed E-state index contributed by atoms with van der Waals surface area (Å²) < 4.78 is -1.85. The van der Waals surface area contributed by atoms with Crippen LogP contribution in [0.5, 0.6) is 0 Å². The summed E-state index contributed by atoms with van der Waals surface area (Å²) >= 11 is 11.8. The zero-order valence-electron chi connectivity index (χ0n) is 10.7. The summed E-state index contributed by atoms with van der Waals surface area (Å²) in [5.41, 5.74) is 0.951. The minimum absolute atomic E-state index is 0.307. The number of nitrogens with zero attached hydrogens (tertiary/aromatic N) is 1. The summed E-state index contributed by atoms with van der Waals surface area (Å²) in [6.45, 7) is 5.66. The van der Waals surface area contributed by atoms with Gasteiger partial charge in [0.2, 0.25) is 4.33 Å². The Hall–Kier alpha value is -1.03. The summed E-state index contributed by atoms with van der Waals surface area (Å²) in [4.78, 5) is 13.7. The van der Waals surface area contributed by atoms with Gasteiger partial charge in [-0.2, -0.15) is 0 Å². The van der Waals surface area contributed by atoms with Crippen molar-refractivity contribution in [2.45, 2.75) is 23.9 Å². The molecule has 3 nitrogen and oxygen atoms in total. The Balaban J connectivity index is 2.89. The van der Waals surface area contributed by atoms with Crippen molar-refractivity contribution in [1.82, 2.24) is 4.90 Å². The van der Waals surface area contributed by atoms with E-state index in [1.54, 1.807) is 6.08 Å². The fraction of sp³-hybridized carbons (Fsp3) is 0.357. The molecule has 1 aromatic carbocycles. The van der Waals surface area contributed by atoms with Gasteiger partial charge in [-0.3, -0.25) is 4.79 Å². The van der Waals surface area contributed by atoms with Crippen LogP contribution in [0, 0.1) is 0 Å². The van der Waals surface area contributed by atoms with E-state index in [-0.39, 0.29) is 0 Å². The lowest BCUT2D eigenvalue weighted by atomic mass is 10.2. The minimum atomic E-state index is -1.85. The number of rotatable bonds is 6. The minimum Gasteiger partial charge on any atom is -0.390 e. The molecule has 0 saturated heterocycles. The molecule has 0 aliphatic carbocycles. The van der Waals surface area contributed by atoms with Gasteiger partial charge in [0.25, 0.3) is 5.91 Å². The molecule has 0 fully saturated rings. The molecule has 1 atom stereocenters. The van der Waals surface area contributed by atoms with Gasteiger partial charge < -0.3 is 10.0 Å². The van der Waals surface area contributed by atoms with E-state index in [4.69, 9.17) is 23.2 Å². The van der Waals surface area contributed by atoms with Crippen LogP contribution in [0.4, 0.5) is 0 Å². The predicted molar refractivity (Wildman–Crippen MR) is 78.2 cm³/mol. The molecular weight excluding hydrogens is 285 g/mol. The van der Waals surface area contributed by atoms with Crippen LogP contribution < -0.4 is 0 Å². The van der Waals surface area contributed by atoms with E-state index in [0.29, 0.717) is 13.1 Å². The molecule has 0 saturated carbocycles. The van der Waals surface area contributed by atoms with Gasteiger partial charge in [-0.15, -0.1) is 6.58 Å². The number of carbonyl (C=O) groups excluding carboxylic acids is 1. The largest absolute Gasteiger partial charge is 0.390 e. The predicted octanol–water partition coefficient (Wildman–Crippen LogP) is 2.76. The van der Waals surface area contributed by atoms with Gasteiger partial charge in [-0.05, 0) is 12.5 Å². The summed E-state index contributed by atoms with van der Waals surface area (Å²) in [5.74, 6) is -0.533. The molecule has 1 unspecified atom stereocenters. The quantitative estimate of drug-likeness (QED) is 0.648. The fourth-order valence-corrected chi connectivity index (χ4v) is 1.81. The van der Waals surface area contributed by atoms with Crippen molar-refractivity contribution in [3.05, 3.63) is 48.6 Å². The maximum Gasteiger partial charge on any atom is 0.262 e. The van der Waals surface area contributed by atoms with E-state index in [2.05, 4.69) is 6.58 Å². The Morgan fingerprint density at radius 3 is 2.53 bits per heavy atom. The molecule has 5 heteroatoms. The second kappa shape index (κ2) is 6.94. The van der Waals surface area contributed by atoms with Crippen LogP contribution in [0.2, 0.25) is 0 Å². The van der Waals surface area contributed by atoms with Gasteiger partial charge in [0.15, 0.2) is 0 Å². The van der Waals surface area contributed by atoms with Crippen molar-refractivity contribution in [2.24, 2.45) is 0 Å². The monoisotopic (exact) mass is 301 g/mol. The second-order valence-corrected chi connectivity index (χ2v) is 5.64. The van der Waals surface area contributed by atoms with E-state index < -0.39 is 16.3 Å². The van der Waals surface area contributed by atoms with Gasteiger partial charge in [0, 0.05) is 13.1 Å². The van der Waals surface area contributed by atoms with Crippen LogP contribution >= 0.6 is 23.2 Å². The Labute approximate surface area is 123 Å². The number of hydrogen-bond acceptors (Lipinski definition) is 2. The normalized spacial score (nSPS) is 12.8. The van der Waals surface area contributed by atoms with Crippen LogP contribution in [-0.4, -0.2) is 32.9 Å². The van der Waals surface area contributed by atoms with Crippen molar-refractivity contribution in [1.29, 1.82) is 0 Å². The first-order valence-corrected chi connectivity index (χ1v) is 6.65. The van der Waals surface area contributed by atoms with Crippen molar-refractivity contribution in [3.8, 4) is 0 Å². The first kappa shape index (κ1) is 16.0. The number of amides is 1. The van der Waals surface area contributed by atoms with E-state index in [0.717, 1.165) is 5.56 Å². The molecule has 0 bridgehead atoms. The third-order valence-electron chi connectivity index (χ3n) is 2.66. The van der Waals surface area contributed by atoms with Gasteiger partial charge in [-0.25, -0.2) is 0 Å². The first-order chi connectivity index (χ1) is 8.89. The highest BCUT2D eigenvalue weighted by molar-refractivity contribution is 6.58. The number of alkyl halides is 2. The molecule has 104 valence electrons. The lowest BCUT2D eigenvalue weighted by Gasteiger charge is -2.29. The smallest absolute Gasteiger partial charge is 0.262 e. The lowest BCUT2D eigenvalue weighted by Crippen LogP contribution is -2.47. The summed E-state index contributed by atoms with van der Waals surface area (Å²) in [5, 5.41) is 9.50. The molecule has 1 N–H and O–H groups in total. The lowest BCUT2D eigenvalue weighted by molar-refractivity contribution is -0.134. The molecule has 1 rings (SSSR count). The first-order valence-electron chi connectivity index (χ1n) is 5.89. The Morgan fingerprint density at radius 1 is 1.47 bits per heavy atom. The van der Waals surface area contributed by atoms with Crippen molar-refractivity contribution in [3.63, 3.8) is 0 Å². The standard InChI is InChI=1S/C14H17Cl2NO2/c1-3-9-17(10-12-7-5-4-6-8-12)13(19)14(15,16)11(2)18/h3-8,11,18H,1,9-10H2,2H3. The van der Waals surface area contributed by atoms with Crippen molar-refractivity contribution >= 4 is 29.1 Å². The highest BCUT2D eigenvalue weighted by atomic mass is 35.5. The van der Waals surface area contributed by atoms with E-state index in [1.165, 1.54) is 11.8 Å². The topological polar surface area (TPSA) is 40.5 Å². The number of aliphatic hydroxyl groups is 1. The number of hydrogen-bond donors (Lipinski definition) is 1. The van der Waals surface area contributed by atoms with Crippen molar-refractivity contribution < 1.29 is 9.90 Å². The Morgan fingerprint density at radius 2 is 2.05 bits per heavy atom. The second-order valence-electron chi connectivity index (χ2n) is 4.26. The molecule has 1 aromatic rings. The van der Waals surface area contributed by atoms with Crippen LogP contribution in [0.15, 0.2) is 43.0 Å². The molecule has 0 aliphatic rings. The summed E-state index contributed by atoms with van der Waals surface area (Å²) in [6.07, 6.45) is 0.429. The molecule has 19 heavy (non-hydrogen) atoms. The molecule has 0 aromatic heterocycles. The van der Waals surface area contributed by atoms with Gasteiger partial charge in [0.1, 0.15) is 0 Å². The van der Waals surface area contributed by atoms with Crippen LogP contribution in [0.3, 0.4) is 0 Å². The SMILES string of the molecule is C=CCN(Cc1ccccc1)C(=O)C(Cl)(Cl)C(C)O. The third-order valence-corrected chi connectivity index (χ3v) is 3.62. The fourth-order valence-electron chi connectivity index (χ4n) is 1.57. The van der Waals surface area contributed by atoms with E-state index in [1.807, 2.05) is 30.3 Å². The average molecular weight is 302 g/mol. The maximum atomic E-state index is 12.3. The molecule has 0 radical (unpaired) electrons. The zero-order valence-corrected chi connectivity index (χ0v) is 12.2. The van der Waals surface area contributed by atoms with Crippen LogP contribution in [0.25, 0.3) is 0 Å². The van der Waals surface area contributed by atoms with Gasteiger partial charge in [0.05, 0.1) is 6.10 Å². The van der Waals surface area contributed by atoms with Gasteiger partial charge in [-0.1, -0.05) is 59.6 Å². The maximum absolute atomic E-state index is 12.3. The van der Waals surface area contributed by atoms with E-state index in [9.17, 15) is 9.90 Å². The molecule has 0 spiro atoms. The number of carbonyl (C=O) groups is 1. The van der Waals surface area contributed by atoms with Crippen LogP contribution in [0.1, 0.15) is 12.5 Å². The number of halogens is 2. The highest BCUT2D eigenvalue weighted by Gasteiger charge is 2.41. The molecule has 0 heterocycles. The third kappa shape index (κ3) is 4.23. The highest BCUT2D eigenvalue weighted by Crippen LogP contribution is 2.28. The summed E-state index contributed by atoms with van der Waals surface area (Å²) in [7, 11) is 0. The number of benzene rings is 1.